The number of nitrogens with two attached hydrogens (primary N) is 1. The monoisotopic (exact) mass is 288 g/mol. The van der Waals surface area contributed by atoms with Crippen LogP contribution in [0.5, 0.6) is 5.75 Å². The molecular formula is C14H16N4OS. The number of aromatic nitrogens is 3. The van der Waals surface area contributed by atoms with Crippen LogP contribution in [0.3, 0.4) is 0 Å². The SMILES string of the molecule is CCOc1cccc(-c2csc3nnc(C(C)N)n23)c1. The largest absolute Gasteiger partial charge is 0.494 e. The number of hydrogen-bond donors (Lipinski definition) is 1. The van der Waals surface area contributed by atoms with E-state index in [-0.39, 0.29) is 6.04 Å². The van der Waals surface area contributed by atoms with Gasteiger partial charge < -0.3 is 10.5 Å². The first-order chi connectivity index (χ1) is 9.70. The number of benzene rings is 1. The Morgan fingerprint density at radius 3 is 3.00 bits per heavy atom. The molecule has 0 aliphatic carbocycles. The van der Waals surface area contributed by atoms with Crippen LogP contribution >= 0.6 is 11.3 Å². The van der Waals surface area contributed by atoms with Crippen LogP contribution < -0.4 is 10.5 Å². The molecule has 2 N–H and O–H groups in total. The molecule has 2 aromatic heterocycles. The molecule has 5 nitrogen and oxygen atoms in total. The highest BCUT2D eigenvalue weighted by Crippen LogP contribution is 2.29. The van der Waals surface area contributed by atoms with Gasteiger partial charge in [0.25, 0.3) is 0 Å². The van der Waals surface area contributed by atoms with Gasteiger partial charge in [0.1, 0.15) is 5.75 Å². The summed E-state index contributed by atoms with van der Waals surface area (Å²) in [7, 11) is 0. The molecule has 0 aliphatic heterocycles. The fourth-order valence-electron chi connectivity index (χ4n) is 2.15. The Morgan fingerprint density at radius 1 is 1.40 bits per heavy atom. The molecule has 1 unspecified atom stereocenters. The van der Waals surface area contributed by atoms with Crippen molar-refractivity contribution in [2.75, 3.05) is 6.61 Å². The molecule has 3 rings (SSSR count). The van der Waals surface area contributed by atoms with E-state index in [1.165, 1.54) is 0 Å². The van der Waals surface area contributed by atoms with E-state index >= 15 is 0 Å². The van der Waals surface area contributed by atoms with E-state index in [0.29, 0.717) is 6.61 Å². The van der Waals surface area contributed by atoms with E-state index in [2.05, 4.69) is 21.6 Å². The lowest BCUT2D eigenvalue weighted by atomic mass is 10.1. The van der Waals surface area contributed by atoms with Crippen LogP contribution in [0.4, 0.5) is 0 Å². The van der Waals surface area contributed by atoms with Crippen molar-refractivity contribution in [1.82, 2.24) is 14.6 Å². The van der Waals surface area contributed by atoms with Gasteiger partial charge in [0.15, 0.2) is 5.82 Å². The van der Waals surface area contributed by atoms with E-state index in [9.17, 15) is 0 Å². The molecule has 6 heteroatoms. The Hall–Kier alpha value is -1.92. The smallest absolute Gasteiger partial charge is 0.216 e. The van der Waals surface area contributed by atoms with Gasteiger partial charge in [-0.1, -0.05) is 12.1 Å². The van der Waals surface area contributed by atoms with Crippen LogP contribution in [0.15, 0.2) is 29.6 Å². The summed E-state index contributed by atoms with van der Waals surface area (Å²) in [5, 5.41) is 10.4. The van der Waals surface area contributed by atoms with Gasteiger partial charge >= 0.3 is 0 Å². The zero-order chi connectivity index (χ0) is 14.1. The van der Waals surface area contributed by atoms with Gasteiger partial charge in [0, 0.05) is 10.9 Å². The van der Waals surface area contributed by atoms with Crippen molar-refractivity contribution in [2.24, 2.45) is 5.73 Å². The van der Waals surface area contributed by atoms with Gasteiger partial charge in [-0.3, -0.25) is 4.40 Å². The molecule has 3 aromatic rings. The standard InChI is InChI=1S/C14H16N4OS/c1-3-19-11-6-4-5-10(7-11)12-8-20-14-17-16-13(9(2)15)18(12)14/h4-9H,3,15H2,1-2H3. The summed E-state index contributed by atoms with van der Waals surface area (Å²) >= 11 is 1.56. The highest BCUT2D eigenvalue weighted by Gasteiger charge is 2.16. The Balaban J connectivity index is 2.14. The third kappa shape index (κ3) is 2.17. The van der Waals surface area contributed by atoms with Crippen molar-refractivity contribution < 1.29 is 4.74 Å². The molecular weight excluding hydrogens is 272 g/mol. The van der Waals surface area contributed by atoms with E-state index in [1.807, 2.05) is 36.4 Å². The maximum absolute atomic E-state index is 5.96. The number of hydrogen-bond acceptors (Lipinski definition) is 5. The predicted octanol–water partition coefficient (Wildman–Crippen LogP) is 2.88. The van der Waals surface area contributed by atoms with Crippen LogP contribution in [0, 0.1) is 0 Å². The molecule has 0 bridgehead atoms. The molecule has 20 heavy (non-hydrogen) atoms. The first-order valence-corrected chi connectivity index (χ1v) is 7.40. The molecule has 0 spiro atoms. The van der Waals surface area contributed by atoms with Gasteiger partial charge in [0.2, 0.25) is 4.96 Å². The van der Waals surface area contributed by atoms with Crippen molar-refractivity contribution in [3.63, 3.8) is 0 Å². The summed E-state index contributed by atoms with van der Waals surface area (Å²) in [5.41, 5.74) is 8.08. The second-order valence-corrected chi connectivity index (χ2v) is 5.38. The third-order valence-corrected chi connectivity index (χ3v) is 3.84. The van der Waals surface area contributed by atoms with Gasteiger partial charge in [0.05, 0.1) is 18.3 Å². The minimum absolute atomic E-state index is 0.159. The summed E-state index contributed by atoms with van der Waals surface area (Å²) in [6, 6.07) is 7.85. The lowest BCUT2D eigenvalue weighted by Crippen LogP contribution is -2.10. The average Bonchev–Trinajstić information content (AvgIpc) is 2.99. The summed E-state index contributed by atoms with van der Waals surface area (Å²) in [4.78, 5) is 0.856. The summed E-state index contributed by atoms with van der Waals surface area (Å²) < 4.78 is 7.57. The molecule has 0 amide bonds. The zero-order valence-corrected chi connectivity index (χ0v) is 12.2. The molecule has 2 heterocycles. The number of fused-ring (bicyclic) bond motifs is 1. The normalized spacial score (nSPS) is 12.8. The predicted molar refractivity (Wildman–Crippen MR) is 80.1 cm³/mol. The van der Waals surface area contributed by atoms with Crippen LogP contribution in [-0.4, -0.2) is 21.2 Å². The maximum atomic E-state index is 5.96. The summed E-state index contributed by atoms with van der Waals surface area (Å²) in [6.07, 6.45) is 0. The molecule has 0 saturated carbocycles. The van der Waals surface area contributed by atoms with Gasteiger partial charge in [-0.05, 0) is 26.0 Å². The number of ether oxygens (including phenoxy) is 1. The van der Waals surface area contributed by atoms with Crippen molar-refractivity contribution in [3.05, 3.63) is 35.5 Å². The molecule has 0 fully saturated rings. The highest BCUT2D eigenvalue weighted by atomic mass is 32.1. The quantitative estimate of drug-likeness (QED) is 0.801. The summed E-state index contributed by atoms with van der Waals surface area (Å²) in [5.74, 6) is 1.64. The van der Waals surface area contributed by atoms with Crippen LogP contribution in [0.25, 0.3) is 16.2 Å². The van der Waals surface area contributed by atoms with Gasteiger partial charge in [-0.25, -0.2) is 0 Å². The fourth-order valence-corrected chi connectivity index (χ4v) is 2.99. The van der Waals surface area contributed by atoms with Gasteiger partial charge in [-0.15, -0.1) is 21.5 Å². The maximum Gasteiger partial charge on any atom is 0.216 e. The Bertz CT molecular complexity index is 732. The van der Waals surface area contributed by atoms with Crippen molar-refractivity contribution in [2.45, 2.75) is 19.9 Å². The fraction of sp³-hybridized carbons (Fsp3) is 0.286. The molecule has 1 atom stereocenters. The van der Waals surface area contributed by atoms with Crippen molar-refractivity contribution >= 4 is 16.3 Å². The van der Waals surface area contributed by atoms with Crippen LogP contribution in [-0.2, 0) is 0 Å². The lowest BCUT2D eigenvalue weighted by Gasteiger charge is -2.07. The van der Waals surface area contributed by atoms with Crippen LogP contribution in [0.1, 0.15) is 25.7 Å². The highest BCUT2D eigenvalue weighted by molar-refractivity contribution is 7.15. The molecule has 0 aliphatic rings. The zero-order valence-electron chi connectivity index (χ0n) is 11.4. The average molecular weight is 288 g/mol. The van der Waals surface area contributed by atoms with E-state index in [4.69, 9.17) is 10.5 Å². The Kier molecular flexibility index (Phi) is 3.42. The third-order valence-electron chi connectivity index (χ3n) is 3.02. The van der Waals surface area contributed by atoms with Crippen LogP contribution in [0.2, 0.25) is 0 Å². The second kappa shape index (κ2) is 5.22. The van der Waals surface area contributed by atoms with Gasteiger partial charge in [-0.2, -0.15) is 0 Å². The Morgan fingerprint density at radius 2 is 2.25 bits per heavy atom. The number of thiazole rings is 1. The number of nitrogens with zero attached hydrogens (tertiary/aromatic N) is 3. The van der Waals surface area contributed by atoms with Crippen molar-refractivity contribution in [1.29, 1.82) is 0 Å². The summed E-state index contributed by atoms with van der Waals surface area (Å²) in [6.45, 7) is 4.54. The first-order valence-electron chi connectivity index (χ1n) is 6.52. The lowest BCUT2D eigenvalue weighted by molar-refractivity contribution is 0.340. The minimum Gasteiger partial charge on any atom is -0.494 e. The minimum atomic E-state index is -0.159. The molecule has 0 saturated heterocycles. The van der Waals surface area contributed by atoms with Crippen molar-refractivity contribution in [3.8, 4) is 17.0 Å². The van der Waals surface area contributed by atoms with E-state index in [0.717, 1.165) is 27.8 Å². The second-order valence-electron chi connectivity index (χ2n) is 4.55. The van der Waals surface area contributed by atoms with E-state index in [1.54, 1.807) is 11.3 Å². The first kappa shape index (κ1) is 13.1. The number of rotatable bonds is 4. The molecule has 104 valence electrons. The Labute approximate surface area is 121 Å². The molecule has 0 radical (unpaired) electrons. The van der Waals surface area contributed by atoms with E-state index < -0.39 is 0 Å². The topological polar surface area (TPSA) is 65.4 Å². The molecule has 1 aromatic carbocycles.